The summed E-state index contributed by atoms with van der Waals surface area (Å²) in [5.41, 5.74) is 7.71. The van der Waals surface area contributed by atoms with Crippen molar-refractivity contribution in [3.63, 3.8) is 0 Å². The van der Waals surface area contributed by atoms with Crippen LogP contribution in [0.25, 0.3) is 16.2 Å². The van der Waals surface area contributed by atoms with Crippen molar-refractivity contribution in [2.75, 3.05) is 7.11 Å². The second kappa shape index (κ2) is 4.64. The Morgan fingerprint density at radius 3 is 2.95 bits per heavy atom. The molecule has 6 heteroatoms. The smallest absolute Gasteiger partial charge is 0.212 e. The summed E-state index contributed by atoms with van der Waals surface area (Å²) in [5, 5.41) is 5.31. The zero-order valence-electron chi connectivity index (χ0n) is 10.7. The lowest BCUT2D eigenvalue weighted by molar-refractivity contribution is 0.415. The van der Waals surface area contributed by atoms with Gasteiger partial charge in [0.25, 0.3) is 0 Å². The van der Waals surface area contributed by atoms with E-state index < -0.39 is 0 Å². The highest BCUT2D eigenvalue weighted by Gasteiger charge is 2.12. The molecule has 0 amide bonds. The first-order chi connectivity index (χ1) is 9.17. The van der Waals surface area contributed by atoms with Crippen LogP contribution in [0.1, 0.15) is 18.0 Å². The van der Waals surface area contributed by atoms with Gasteiger partial charge in [0.1, 0.15) is 10.8 Å². The number of rotatable bonds is 3. The van der Waals surface area contributed by atoms with Crippen LogP contribution in [0.3, 0.4) is 0 Å². The Labute approximate surface area is 114 Å². The van der Waals surface area contributed by atoms with Gasteiger partial charge in [-0.2, -0.15) is 5.10 Å². The number of nitrogens with zero attached hydrogens (tertiary/aromatic N) is 3. The van der Waals surface area contributed by atoms with Gasteiger partial charge in [0, 0.05) is 5.56 Å². The van der Waals surface area contributed by atoms with Gasteiger partial charge in [0.2, 0.25) is 4.96 Å². The number of methoxy groups -OCH3 is 1. The van der Waals surface area contributed by atoms with E-state index in [4.69, 9.17) is 10.5 Å². The van der Waals surface area contributed by atoms with Gasteiger partial charge in [-0.1, -0.05) is 23.5 Å². The number of ether oxygens (including phenoxy) is 1. The van der Waals surface area contributed by atoms with E-state index >= 15 is 0 Å². The molecule has 19 heavy (non-hydrogen) atoms. The average molecular weight is 274 g/mol. The second-order valence-electron chi connectivity index (χ2n) is 4.31. The van der Waals surface area contributed by atoms with Crippen LogP contribution < -0.4 is 10.5 Å². The van der Waals surface area contributed by atoms with Crippen LogP contribution in [0.2, 0.25) is 0 Å². The minimum absolute atomic E-state index is 0.0630. The Morgan fingerprint density at radius 1 is 1.42 bits per heavy atom. The lowest BCUT2D eigenvalue weighted by Crippen LogP contribution is -2.04. The molecular formula is C13H14N4OS. The molecule has 2 aromatic heterocycles. The van der Waals surface area contributed by atoms with Gasteiger partial charge in [-0.25, -0.2) is 9.50 Å². The molecule has 1 atom stereocenters. The zero-order chi connectivity index (χ0) is 13.4. The third-order valence-electron chi connectivity index (χ3n) is 2.81. The number of hydrogen-bond acceptors (Lipinski definition) is 5. The molecule has 2 heterocycles. The van der Waals surface area contributed by atoms with Gasteiger partial charge >= 0.3 is 0 Å². The van der Waals surface area contributed by atoms with E-state index in [1.165, 1.54) is 11.3 Å². The molecule has 0 aliphatic heterocycles. The molecule has 0 aliphatic carbocycles. The van der Waals surface area contributed by atoms with E-state index in [9.17, 15) is 0 Å². The highest BCUT2D eigenvalue weighted by molar-refractivity contribution is 7.16. The highest BCUT2D eigenvalue weighted by atomic mass is 32.1. The number of fused-ring (bicyclic) bond motifs is 1. The zero-order valence-corrected chi connectivity index (χ0v) is 11.5. The molecule has 0 spiro atoms. The Morgan fingerprint density at radius 2 is 2.26 bits per heavy atom. The maximum Gasteiger partial charge on any atom is 0.212 e. The molecule has 0 aliphatic rings. The van der Waals surface area contributed by atoms with E-state index in [1.807, 2.05) is 37.4 Å². The molecule has 0 bridgehead atoms. The van der Waals surface area contributed by atoms with Gasteiger partial charge in [0.05, 0.1) is 25.0 Å². The van der Waals surface area contributed by atoms with Crippen LogP contribution in [-0.2, 0) is 0 Å². The van der Waals surface area contributed by atoms with E-state index in [0.717, 1.165) is 27.0 Å². The topological polar surface area (TPSA) is 65.4 Å². The summed E-state index contributed by atoms with van der Waals surface area (Å²) in [4.78, 5) is 5.42. The minimum Gasteiger partial charge on any atom is -0.497 e. The van der Waals surface area contributed by atoms with Crippen molar-refractivity contribution < 1.29 is 4.74 Å². The van der Waals surface area contributed by atoms with Crippen LogP contribution >= 0.6 is 11.3 Å². The minimum atomic E-state index is -0.0630. The number of aromatic nitrogens is 3. The Bertz CT molecular complexity index is 685. The predicted octanol–water partition coefficient (Wildman–Crippen LogP) is 2.49. The summed E-state index contributed by atoms with van der Waals surface area (Å²) in [6, 6.07) is 7.75. The summed E-state index contributed by atoms with van der Waals surface area (Å²) in [6.07, 6.45) is 1.91. The second-order valence-corrected chi connectivity index (χ2v) is 5.30. The van der Waals surface area contributed by atoms with E-state index in [-0.39, 0.29) is 6.04 Å². The van der Waals surface area contributed by atoms with Crippen LogP contribution in [0, 0.1) is 0 Å². The molecule has 2 N–H and O–H groups in total. The van der Waals surface area contributed by atoms with Crippen molar-refractivity contribution in [1.29, 1.82) is 0 Å². The van der Waals surface area contributed by atoms with Crippen molar-refractivity contribution >= 4 is 16.3 Å². The molecule has 98 valence electrons. The van der Waals surface area contributed by atoms with Gasteiger partial charge in [-0.15, -0.1) is 0 Å². The number of imidazole rings is 1. The van der Waals surface area contributed by atoms with Crippen molar-refractivity contribution in [2.24, 2.45) is 5.73 Å². The first-order valence-electron chi connectivity index (χ1n) is 5.93. The summed E-state index contributed by atoms with van der Waals surface area (Å²) >= 11 is 1.52. The van der Waals surface area contributed by atoms with Crippen LogP contribution in [0.4, 0.5) is 0 Å². The lowest BCUT2D eigenvalue weighted by Gasteiger charge is -2.01. The van der Waals surface area contributed by atoms with Crippen molar-refractivity contribution in [3.8, 4) is 17.0 Å². The summed E-state index contributed by atoms with van der Waals surface area (Å²) < 4.78 is 6.99. The summed E-state index contributed by atoms with van der Waals surface area (Å²) in [6.45, 7) is 1.92. The van der Waals surface area contributed by atoms with Gasteiger partial charge in [0.15, 0.2) is 0 Å². The molecule has 0 saturated carbocycles. The third-order valence-corrected chi connectivity index (χ3v) is 3.94. The van der Waals surface area contributed by atoms with E-state index in [1.54, 1.807) is 11.6 Å². The maximum absolute atomic E-state index is 5.81. The van der Waals surface area contributed by atoms with Gasteiger partial charge in [-0.3, -0.25) is 0 Å². The van der Waals surface area contributed by atoms with Crippen LogP contribution in [0.5, 0.6) is 5.75 Å². The first-order valence-corrected chi connectivity index (χ1v) is 6.75. The SMILES string of the molecule is COc1cccc(-c2cn3nc(C(C)N)sc3n2)c1. The van der Waals surface area contributed by atoms with Crippen LogP contribution in [-0.4, -0.2) is 21.7 Å². The fourth-order valence-corrected chi connectivity index (χ4v) is 2.65. The summed E-state index contributed by atoms with van der Waals surface area (Å²) in [7, 11) is 1.65. The monoisotopic (exact) mass is 274 g/mol. The molecule has 3 aromatic rings. The molecule has 0 fully saturated rings. The number of nitrogens with two attached hydrogens (primary N) is 1. The molecule has 0 radical (unpaired) electrons. The Hall–Kier alpha value is -1.92. The van der Waals surface area contributed by atoms with Crippen molar-refractivity contribution in [1.82, 2.24) is 14.6 Å². The van der Waals surface area contributed by atoms with Crippen molar-refractivity contribution in [3.05, 3.63) is 35.5 Å². The molecule has 0 saturated heterocycles. The Kier molecular flexibility index (Phi) is 2.96. The Balaban J connectivity index is 2.03. The largest absolute Gasteiger partial charge is 0.497 e. The quantitative estimate of drug-likeness (QED) is 0.797. The fourth-order valence-electron chi connectivity index (χ4n) is 1.82. The molecule has 1 aromatic carbocycles. The highest BCUT2D eigenvalue weighted by Crippen LogP contribution is 2.26. The van der Waals surface area contributed by atoms with E-state index in [0.29, 0.717) is 0 Å². The van der Waals surface area contributed by atoms with Crippen molar-refractivity contribution in [2.45, 2.75) is 13.0 Å². The number of hydrogen-bond donors (Lipinski definition) is 1. The molecular weight excluding hydrogens is 260 g/mol. The average Bonchev–Trinajstić information content (AvgIpc) is 2.96. The van der Waals surface area contributed by atoms with Crippen LogP contribution in [0.15, 0.2) is 30.5 Å². The lowest BCUT2D eigenvalue weighted by atomic mass is 10.1. The normalized spacial score (nSPS) is 12.8. The van der Waals surface area contributed by atoms with E-state index in [2.05, 4.69) is 10.1 Å². The first kappa shape index (κ1) is 12.1. The van der Waals surface area contributed by atoms with Gasteiger partial charge < -0.3 is 10.5 Å². The third kappa shape index (κ3) is 2.20. The predicted molar refractivity (Wildman–Crippen MR) is 75.5 cm³/mol. The molecule has 3 rings (SSSR count). The molecule has 5 nitrogen and oxygen atoms in total. The summed E-state index contributed by atoms with van der Waals surface area (Å²) in [5.74, 6) is 0.818. The number of benzene rings is 1. The molecule has 1 unspecified atom stereocenters. The van der Waals surface area contributed by atoms with Gasteiger partial charge in [-0.05, 0) is 19.1 Å². The fraction of sp³-hybridized carbons (Fsp3) is 0.231. The maximum atomic E-state index is 5.81. The standard InChI is InChI=1S/C13H14N4OS/c1-8(14)12-16-17-7-11(15-13(17)19-12)9-4-3-5-10(6-9)18-2/h3-8H,14H2,1-2H3.